The maximum absolute atomic E-state index is 12.9. The number of alkyl halides is 3. The second kappa shape index (κ2) is 5.77. The molecule has 0 saturated carbocycles. The van der Waals surface area contributed by atoms with Gasteiger partial charge in [0.1, 0.15) is 5.71 Å². The van der Waals surface area contributed by atoms with Gasteiger partial charge in [-0.15, -0.1) is 0 Å². The van der Waals surface area contributed by atoms with Crippen molar-refractivity contribution in [3.05, 3.63) is 29.3 Å². The van der Waals surface area contributed by atoms with Crippen LogP contribution in [0.2, 0.25) is 5.02 Å². The first-order chi connectivity index (χ1) is 10.2. The Morgan fingerprint density at radius 2 is 2.14 bits per heavy atom. The van der Waals surface area contributed by atoms with E-state index in [9.17, 15) is 23.1 Å². The number of benzene rings is 1. The second-order valence-corrected chi connectivity index (χ2v) is 4.93. The number of rotatable bonds is 3. The molecule has 1 aliphatic heterocycles. The number of para-hydroxylation sites is 1. The Kier molecular flexibility index (Phi) is 4.35. The lowest BCUT2D eigenvalue weighted by molar-refractivity contribution is -0.163. The monoisotopic (exact) mass is 336 g/mol. The van der Waals surface area contributed by atoms with Gasteiger partial charge in [-0.25, -0.2) is 9.80 Å². The maximum Gasteiger partial charge on any atom is 0.431 e. The van der Waals surface area contributed by atoms with E-state index in [0.717, 1.165) is 0 Å². The summed E-state index contributed by atoms with van der Waals surface area (Å²) in [5, 5.41) is 14.4. The van der Waals surface area contributed by atoms with E-state index in [1.165, 1.54) is 25.1 Å². The molecule has 0 radical (unpaired) electrons. The average Bonchev–Trinajstić information content (AvgIpc) is 2.79. The van der Waals surface area contributed by atoms with Crippen molar-refractivity contribution < 1.29 is 27.8 Å². The minimum atomic E-state index is -4.78. The van der Waals surface area contributed by atoms with Gasteiger partial charge in [0.25, 0.3) is 5.72 Å². The normalized spacial score (nSPS) is 21.7. The quantitative estimate of drug-likeness (QED) is 0.862. The lowest BCUT2D eigenvalue weighted by Gasteiger charge is -2.30. The molecule has 0 aromatic heterocycles. The summed E-state index contributed by atoms with van der Waals surface area (Å²) in [6, 6.07) is 5.80. The Hall–Kier alpha value is -1.80. The lowest BCUT2D eigenvalue weighted by atomic mass is 10.1. The van der Waals surface area contributed by atoms with Crippen LogP contribution in [0.15, 0.2) is 29.4 Å². The fourth-order valence-electron chi connectivity index (χ4n) is 1.99. The highest BCUT2D eigenvalue weighted by Crippen LogP contribution is 2.39. The number of halogens is 4. The predicted molar refractivity (Wildman–Crippen MR) is 73.6 cm³/mol. The predicted octanol–water partition coefficient (Wildman–Crippen LogP) is 2.72. The van der Waals surface area contributed by atoms with E-state index >= 15 is 0 Å². The molecule has 1 N–H and O–H groups in total. The first-order valence-electron chi connectivity index (χ1n) is 6.29. The first-order valence-corrected chi connectivity index (χ1v) is 6.67. The number of aliphatic hydroxyl groups is 1. The SMILES string of the molecule is CCOC(=O)C1(O)CC(C(F)(F)F)=NN1c1ccccc1Cl. The van der Waals surface area contributed by atoms with Crippen molar-refractivity contribution in [2.45, 2.75) is 25.2 Å². The molecule has 120 valence electrons. The highest BCUT2D eigenvalue weighted by molar-refractivity contribution is 6.33. The van der Waals surface area contributed by atoms with Crippen LogP contribution in [0.3, 0.4) is 0 Å². The highest BCUT2D eigenvalue weighted by Gasteiger charge is 2.56. The molecule has 9 heteroatoms. The van der Waals surface area contributed by atoms with E-state index in [2.05, 4.69) is 9.84 Å². The molecule has 0 saturated heterocycles. The second-order valence-electron chi connectivity index (χ2n) is 4.52. The number of carbonyl (C=O) groups excluding carboxylic acids is 1. The number of esters is 1. The molecule has 5 nitrogen and oxygen atoms in total. The topological polar surface area (TPSA) is 62.1 Å². The standard InChI is InChI=1S/C13H12ClF3N2O3/c1-2-22-11(20)12(21)7-10(13(15,16)17)18-19(12)9-6-4-3-5-8(9)14/h3-6,21H,2,7H2,1H3. The molecule has 0 aliphatic carbocycles. The van der Waals surface area contributed by atoms with Crippen LogP contribution in [0.4, 0.5) is 18.9 Å². The number of anilines is 1. The van der Waals surface area contributed by atoms with Crippen LogP contribution >= 0.6 is 11.6 Å². The Morgan fingerprint density at radius 1 is 1.50 bits per heavy atom. The molecule has 22 heavy (non-hydrogen) atoms. The summed E-state index contributed by atoms with van der Waals surface area (Å²) in [4.78, 5) is 11.9. The molecule has 0 amide bonds. The summed E-state index contributed by atoms with van der Waals surface area (Å²) in [5.74, 6) is -1.22. The van der Waals surface area contributed by atoms with Crippen LogP contribution in [0.1, 0.15) is 13.3 Å². The zero-order valence-electron chi connectivity index (χ0n) is 11.4. The fraction of sp³-hybridized carbons (Fsp3) is 0.385. The molecule has 1 atom stereocenters. The maximum atomic E-state index is 12.9. The summed E-state index contributed by atoms with van der Waals surface area (Å²) in [6.07, 6.45) is -5.82. The summed E-state index contributed by atoms with van der Waals surface area (Å²) in [7, 11) is 0. The Morgan fingerprint density at radius 3 is 2.68 bits per heavy atom. The zero-order valence-corrected chi connectivity index (χ0v) is 12.1. The minimum absolute atomic E-state index is 0.0287. The van der Waals surface area contributed by atoms with Crippen LogP contribution in [-0.2, 0) is 9.53 Å². The van der Waals surface area contributed by atoms with Gasteiger partial charge in [-0.3, -0.25) is 0 Å². The van der Waals surface area contributed by atoms with Crippen LogP contribution in [-0.4, -0.2) is 35.3 Å². The van der Waals surface area contributed by atoms with Crippen molar-refractivity contribution in [3.8, 4) is 0 Å². The van der Waals surface area contributed by atoms with Gasteiger partial charge in [-0.2, -0.15) is 18.3 Å². The van der Waals surface area contributed by atoms with Crippen molar-refractivity contribution in [1.82, 2.24) is 0 Å². The highest BCUT2D eigenvalue weighted by atomic mass is 35.5. The van der Waals surface area contributed by atoms with E-state index in [1.807, 2.05) is 0 Å². The van der Waals surface area contributed by atoms with Crippen molar-refractivity contribution in [2.24, 2.45) is 5.10 Å². The Labute approximate surface area is 128 Å². The van der Waals surface area contributed by atoms with E-state index in [0.29, 0.717) is 5.01 Å². The summed E-state index contributed by atoms with van der Waals surface area (Å²) in [6.45, 7) is 1.38. The van der Waals surface area contributed by atoms with Gasteiger partial charge in [-0.05, 0) is 19.1 Å². The number of hydrogen-bond donors (Lipinski definition) is 1. The van der Waals surface area contributed by atoms with Crippen LogP contribution in [0, 0.1) is 0 Å². The molecule has 1 heterocycles. The van der Waals surface area contributed by atoms with Gasteiger partial charge in [0.05, 0.1) is 23.7 Å². The van der Waals surface area contributed by atoms with Crippen molar-refractivity contribution in [3.63, 3.8) is 0 Å². The Bertz CT molecular complexity index is 621. The van der Waals surface area contributed by atoms with Crippen molar-refractivity contribution in [1.29, 1.82) is 0 Å². The smallest absolute Gasteiger partial charge is 0.431 e. The zero-order chi connectivity index (χ0) is 16.5. The fourth-order valence-corrected chi connectivity index (χ4v) is 2.20. The number of nitrogens with zero attached hydrogens (tertiary/aromatic N) is 2. The van der Waals surface area contributed by atoms with Gasteiger partial charge in [0, 0.05) is 0 Å². The summed E-state index contributed by atoms with van der Waals surface area (Å²) in [5.41, 5.74) is -3.91. The third-order valence-electron chi connectivity index (χ3n) is 3.00. The van der Waals surface area contributed by atoms with Crippen molar-refractivity contribution in [2.75, 3.05) is 11.6 Å². The van der Waals surface area contributed by atoms with Gasteiger partial charge >= 0.3 is 12.1 Å². The van der Waals surface area contributed by atoms with Crippen LogP contribution in [0.25, 0.3) is 0 Å². The van der Waals surface area contributed by atoms with Gasteiger partial charge in [-0.1, -0.05) is 23.7 Å². The molecule has 1 aromatic rings. The third kappa shape index (κ3) is 2.89. The molecular formula is C13H12ClF3N2O3. The first kappa shape index (κ1) is 16.6. The van der Waals surface area contributed by atoms with Crippen molar-refractivity contribution >= 4 is 29.0 Å². The third-order valence-corrected chi connectivity index (χ3v) is 3.31. The van der Waals surface area contributed by atoms with Gasteiger partial charge < -0.3 is 9.84 Å². The molecule has 0 bridgehead atoms. The van der Waals surface area contributed by atoms with Crippen LogP contribution in [0.5, 0.6) is 0 Å². The van der Waals surface area contributed by atoms with E-state index in [1.54, 1.807) is 6.07 Å². The van der Waals surface area contributed by atoms with Gasteiger partial charge in [0.15, 0.2) is 0 Å². The average molecular weight is 337 g/mol. The molecule has 1 aromatic carbocycles. The number of hydrogen-bond acceptors (Lipinski definition) is 5. The largest absolute Gasteiger partial charge is 0.462 e. The molecule has 0 spiro atoms. The van der Waals surface area contributed by atoms with E-state index in [4.69, 9.17) is 11.6 Å². The van der Waals surface area contributed by atoms with E-state index < -0.39 is 30.0 Å². The molecule has 1 unspecified atom stereocenters. The summed E-state index contributed by atoms with van der Waals surface area (Å²) >= 11 is 5.92. The molecule has 0 fully saturated rings. The Balaban J connectivity index is 2.51. The number of carbonyl (C=O) groups is 1. The molecule has 2 rings (SSSR count). The minimum Gasteiger partial charge on any atom is -0.462 e. The summed E-state index contributed by atoms with van der Waals surface area (Å²) < 4.78 is 43.3. The molecular weight excluding hydrogens is 325 g/mol. The van der Waals surface area contributed by atoms with E-state index in [-0.39, 0.29) is 17.3 Å². The molecule has 1 aliphatic rings. The van der Waals surface area contributed by atoms with Gasteiger partial charge in [0.2, 0.25) is 0 Å². The lowest BCUT2D eigenvalue weighted by Crippen LogP contribution is -2.51. The number of ether oxygens (including phenoxy) is 1. The number of hydrazone groups is 1. The van der Waals surface area contributed by atoms with Crippen LogP contribution < -0.4 is 5.01 Å².